The lowest BCUT2D eigenvalue weighted by Gasteiger charge is -2.40. The predicted octanol–water partition coefficient (Wildman–Crippen LogP) is 0.839. The van der Waals surface area contributed by atoms with Gasteiger partial charge in [0, 0.05) is 25.2 Å². The summed E-state index contributed by atoms with van der Waals surface area (Å²) in [7, 11) is 2.11. The minimum absolute atomic E-state index is 0.00637. The van der Waals surface area contributed by atoms with Crippen LogP contribution in [0.2, 0.25) is 5.28 Å². The molecule has 1 saturated heterocycles. The number of likely N-dealkylation sites (N-methyl/N-ethyl adjacent to an activating group) is 1. The van der Waals surface area contributed by atoms with Crippen LogP contribution in [0.15, 0.2) is 0 Å². The zero-order valence-corrected chi connectivity index (χ0v) is 11.4. The van der Waals surface area contributed by atoms with Crippen molar-refractivity contribution in [1.29, 1.82) is 0 Å². The number of piperazine rings is 1. The molecule has 104 valence electrons. The molecule has 1 aliphatic carbocycles. The van der Waals surface area contributed by atoms with Gasteiger partial charge in [0.05, 0.1) is 0 Å². The van der Waals surface area contributed by atoms with Crippen molar-refractivity contribution in [3.05, 3.63) is 11.1 Å². The maximum atomic E-state index is 14.2. The fraction of sp³-hybridized carbons (Fsp3) is 0.636. The number of nitrogens with zero attached hydrogens (tertiary/aromatic N) is 4. The Bertz CT molecular complexity index is 506. The standard InChI is InChI=1S/C11H16ClFN6/c1-18-4-5-19(6-11(18)2-3-11)9-7(13)8(17-14)15-10(12)16-9/h2-6,14H2,1H3,(H,15,16,17). The molecule has 0 radical (unpaired) electrons. The van der Waals surface area contributed by atoms with E-state index in [4.69, 9.17) is 17.4 Å². The van der Waals surface area contributed by atoms with E-state index in [1.165, 1.54) is 0 Å². The number of rotatable bonds is 2. The second kappa shape index (κ2) is 4.43. The molecule has 1 aromatic rings. The van der Waals surface area contributed by atoms with Gasteiger partial charge < -0.3 is 10.3 Å². The summed E-state index contributed by atoms with van der Waals surface area (Å²) in [5, 5.41) is -0.00637. The number of halogens is 2. The van der Waals surface area contributed by atoms with Gasteiger partial charge >= 0.3 is 0 Å². The molecule has 0 unspecified atom stereocenters. The van der Waals surface area contributed by atoms with E-state index in [-0.39, 0.29) is 22.5 Å². The van der Waals surface area contributed by atoms with Crippen LogP contribution in [0.1, 0.15) is 12.8 Å². The molecule has 0 amide bonds. The van der Waals surface area contributed by atoms with Crippen LogP contribution in [0.5, 0.6) is 0 Å². The number of nitrogen functional groups attached to an aromatic ring is 1. The van der Waals surface area contributed by atoms with Gasteiger partial charge in [-0.15, -0.1) is 0 Å². The van der Waals surface area contributed by atoms with E-state index in [9.17, 15) is 4.39 Å². The Kier molecular flexibility index (Phi) is 2.99. The highest BCUT2D eigenvalue weighted by atomic mass is 35.5. The molecule has 19 heavy (non-hydrogen) atoms. The van der Waals surface area contributed by atoms with Crippen molar-refractivity contribution in [3.8, 4) is 0 Å². The lowest BCUT2D eigenvalue weighted by molar-refractivity contribution is 0.197. The fourth-order valence-corrected chi connectivity index (χ4v) is 2.81. The van der Waals surface area contributed by atoms with Crippen molar-refractivity contribution >= 4 is 23.2 Å². The Hall–Kier alpha value is -1.18. The largest absolute Gasteiger partial charge is 0.351 e. The lowest BCUT2D eigenvalue weighted by Crippen LogP contribution is -2.53. The highest BCUT2D eigenvalue weighted by molar-refractivity contribution is 6.28. The number of hydrazine groups is 1. The van der Waals surface area contributed by atoms with Gasteiger partial charge in [-0.25, -0.2) is 5.84 Å². The van der Waals surface area contributed by atoms with Crippen LogP contribution in [-0.4, -0.2) is 47.1 Å². The third-order valence-corrected chi connectivity index (χ3v) is 4.24. The molecule has 1 aromatic heterocycles. The number of nitrogens with two attached hydrogens (primary N) is 1. The summed E-state index contributed by atoms with van der Waals surface area (Å²) in [6.45, 7) is 2.36. The molecular formula is C11H16ClFN6. The van der Waals surface area contributed by atoms with Crippen LogP contribution in [0.3, 0.4) is 0 Å². The Labute approximate surface area is 115 Å². The number of hydrogen-bond donors (Lipinski definition) is 2. The molecule has 0 bridgehead atoms. The first kappa shape index (κ1) is 12.8. The molecule has 2 heterocycles. The van der Waals surface area contributed by atoms with E-state index in [0.717, 1.165) is 25.9 Å². The van der Waals surface area contributed by atoms with Crippen molar-refractivity contribution in [3.63, 3.8) is 0 Å². The average Bonchev–Trinajstić information content (AvgIpc) is 3.16. The van der Waals surface area contributed by atoms with E-state index in [2.05, 4.69) is 27.3 Å². The van der Waals surface area contributed by atoms with Crippen LogP contribution in [0.4, 0.5) is 16.0 Å². The first-order chi connectivity index (χ1) is 9.05. The predicted molar refractivity (Wildman–Crippen MR) is 71.6 cm³/mol. The number of aromatic nitrogens is 2. The average molecular weight is 287 g/mol. The molecule has 3 rings (SSSR count). The van der Waals surface area contributed by atoms with Gasteiger partial charge in [-0.3, -0.25) is 4.90 Å². The monoisotopic (exact) mass is 286 g/mol. The first-order valence-corrected chi connectivity index (χ1v) is 6.59. The second-order valence-electron chi connectivity index (χ2n) is 5.19. The van der Waals surface area contributed by atoms with E-state index in [0.29, 0.717) is 6.54 Å². The Morgan fingerprint density at radius 2 is 2.11 bits per heavy atom. The summed E-state index contributed by atoms with van der Waals surface area (Å²) >= 11 is 5.81. The van der Waals surface area contributed by atoms with Gasteiger partial charge in [-0.1, -0.05) is 0 Å². The number of hydrogen-bond acceptors (Lipinski definition) is 6. The molecule has 1 saturated carbocycles. The molecule has 3 N–H and O–H groups in total. The lowest BCUT2D eigenvalue weighted by atomic mass is 10.1. The van der Waals surface area contributed by atoms with Crippen LogP contribution in [-0.2, 0) is 0 Å². The van der Waals surface area contributed by atoms with Gasteiger partial charge in [-0.2, -0.15) is 14.4 Å². The third-order valence-electron chi connectivity index (χ3n) is 4.07. The van der Waals surface area contributed by atoms with Gasteiger partial charge in [0.25, 0.3) is 0 Å². The molecule has 1 spiro atoms. The highest BCUT2D eigenvalue weighted by Gasteiger charge is 2.50. The van der Waals surface area contributed by atoms with Crippen LogP contribution < -0.4 is 16.2 Å². The van der Waals surface area contributed by atoms with Crippen molar-refractivity contribution in [2.75, 3.05) is 37.0 Å². The summed E-state index contributed by atoms with van der Waals surface area (Å²) in [6.07, 6.45) is 2.28. The molecule has 0 atom stereocenters. The number of nitrogens with one attached hydrogen (secondary N) is 1. The topological polar surface area (TPSA) is 70.3 Å². The van der Waals surface area contributed by atoms with Crippen molar-refractivity contribution in [2.45, 2.75) is 18.4 Å². The maximum Gasteiger partial charge on any atom is 0.226 e. The van der Waals surface area contributed by atoms with E-state index in [1.807, 2.05) is 4.90 Å². The van der Waals surface area contributed by atoms with E-state index < -0.39 is 5.82 Å². The van der Waals surface area contributed by atoms with Crippen LogP contribution >= 0.6 is 11.6 Å². The fourth-order valence-electron chi connectivity index (χ4n) is 2.64. The molecular weight excluding hydrogens is 271 g/mol. The zero-order valence-electron chi connectivity index (χ0n) is 10.7. The minimum Gasteiger partial charge on any atom is -0.351 e. The third kappa shape index (κ3) is 2.11. The quantitative estimate of drug-likeness (QED) is 0.477. The second-order valence-corrected chi connectivity index (χ2v) is 5.53. The number of anilines is 2. The summed E-state index contributed by atoms with van der Waals surface area (Å²) in [4.78, 5) is 12.0. The summed E-state index contributed by atoms with van der Waals surface area (Å²) in [6, 6.07) is 0. The Morgan fingerprint density at radius 1 is 1.37 bits per heavy atom. The first-order valence-electron chi connectivity index (χ1n) is 6.21. The van der Waals surface area contributed by atoms with E-state index >= 15 is 0 Å². The van der Waals surface area contributed by atoms with Gasteiger partial charge in [0.15, 0.2) is 11.6 Å². The molecule has 8 heteroatoms. The Balaban J connectivity index is 1.92. The van der Waals surface area contributed by atoms with Gasteiger partial charge in [0.2, 0.25) is 11.1 Å². The summed E-state index contributed by atoms with van der Waals surface area (Å²) < 4.78 is 14.2. The normalized spacial score (nSPS) is 21.8. The summed E-state index contributed by atoms with van der Waals surface area (Å²) in [5.41, 5.74) is 2.39. The highest BCUT2D eigenvalue weighted by Crippen LogP contribution is 2.44. The van der Waals surface area contributed by atoms with Crippen molar-refractivity contribution in [1.82, 2.24) is 14.9 Å². The van der Waals surface area contributed by atoms with Crippen molar-refractivity contribution in [2.24, 2.45) is 5.84 Å². The van der Waals surface area contributed by atoms with Gasteiger partial charge in [0.1, 0.15) is 0 Å². The summed E-state index contributed by atoms with van der Waals surface area (Å²) in [5.74, 6) is 4.85. The Morgan fingerprint density at radius 3 is 2.74 bits per heavy atom. The van der Waals surface area contributed by atoms with Crippen LogP contribution in [0.25, 0.3) is 0 Å². The van der Waals surface area contributed by atoms with Crippen LogP contribution in [0, 0.1) is 5.82 Å². The smallest absolute Gasteiger partial charge is 0.226 e. The molecule has 6 nitrogen and oxygen atoms in total. The maximum absolute atomic E-state index is 14.2. The van der Waals surface area contributed by atoms with Gasteiger partial charge in [-0.05, 0) is 31.5 Å². The van der Waals surface area contributed by atoms with E-state index in [1.54, 1.807) is 0 Å². The SMILES string of the molecule is CN1CCN(c2nc(Cl)nc(NN)c2F)CC12CC2. The molecule has 2 aliphatic rings. The zero-order chi connectivity index (χ0) is 13.6. The molecule has 2 fully saturated rings. The molecule has 0 aromatic carbocycles. The van der Waals surface area contributed by atoms with Crippen molar-refractivity contribution < 1.29 is 4.39 Å². The molecule has 1 aliphatic heterocycles. The minimum atomic E-state index is -0.549.